The van der Waals surface area contributed by atoms with Gasteiger partial charge in [-0.25, -0.2) is 0 Å². The quantitative estimate of drug-likeness (QED) is 0.631. The summed E-state index contributed by atoms with van der Waals surface area (Å²) in [5.41, 5.74) is -4.94. The number of phenolic OH excluding ortho intramolecular Hbond substituents is 1. The monoisotopic (exact) mass is 292 g/mol. The molecular weight excluding hydrogens is 290 g/mol. The number of rotatable bonds is 1. The minimum Gasteiger partial charge on any atom is -0.507 e. The van der Waals surface area contributed by atoms with E-state index in [0.717, 1.165) is 0 Å². The third kappa shape index (κ3) is 2.87. The molecular formula is C9H3ClF6O2. The lowest BCUT2D eigenvalue weighted by atomic mass is 10.0. The molecule has 2 nitrogen and oxygen atoms in total. The molecule has 0 saturated heterocycles. The van der Waals surface area contributed by atoms with E-state index in [1.54, 1.807) is 0 Å². The molecule has 0 fully saturated rings. The van der Waals surface area contributed by atoms with Gasteiger partial charge in [0.25, 0.3) is 5.24 Å². The first-order valence-corrected chi connectivity index (χ1v) is 4.53. The fourth-order valence-corrected chi connectivity index (χ4v) is 1.39. The Bertz CT molecular complexity index is 491. The van der Waals surface area contributed by atoms with Gasteiger partial charge in [0.1, 0.15) is 11.3 Å². The van der Waals surface area contributed by atoms with Gasteiger partial charge in [-0.3, -0.25) is 4.79 Å². The standard InChI is InChI=1S/C9H3ClF6O2/c10-7(18)4-1-3(8(11,12)13)2-5(17)6(4)9(14,15)16/h1-2,17H. The van der Waals surface area contributed by atoms with Crippen molar-refractivity contribution in [3.63, 3.8) is 0 Å². The summed E-state index contributed by atoms with van der Waals surface area (Å²) in [7, 11) is 0. The predicted molar refractivity (Wildman–Crippen MR) is 48.3 cm³/mol. The van der Waals surface area contributed by atoms with E-state index in [0.29, 0.717) is 0 Å². The van der Waals surface area contributed by atoms with Crippen LogP contribution in [-0.4, -0.2) is 10.3 Å². The van der Waals surface area contributed by atoms with Crippen molar-refractivity contribution in [2.75, 3.05) is 0 Å². The van der Waals surface area contributed by atoms with Gasteiger partial charge in [-0.15, -0.1) is 0 Å². The van der Waals surface area contributed by atoms with Crippen LogP contribution in [-0.2, 0) is 12.4 Å². The summed E-state index contributed by atoms with van der Waals surface area (Å²) in [6.45, 7) is 0. The van der Waals surface area contributed by atoms with Gasteiger partial charge in [0.15, 0.2) is 0 Å². The number of hydrogen-bond acceptors (Lipinski definition) is 2. The van der Waals surface area contributed by atoms with Crippen molar-refractivity contribution >= 4 is 16.8 Å². The molecule has 0 aliphatic heterocycles. The molecule has 0 aliphatic carbocycles. The maximum Gasteiger partial charge on any atom is 0.420 e. The van der Waals surface area contributed by atoms with E-state index < -0.39 is 40.0 Å². The Labute approximate surface area is 101 Å². The highest BCUT2D eigenvalue weighted by atomic mass is 35.5. The van der Waals surface area contributed by atoms with Crippen molar-refractivity contribution in [3.05, 3.63) is 28.8 Å². The molecule has 0 atom stereocenters. The van der Waals surface area contributed by atoms with Crippen LogP contribution in [0, 0.1) is 0 Å². The van der Waals surface area contributed by atoms with Gasteiger partial charge in [-0.05, 0) is 23.7 Å². The minimum absolute atomic E-state index is 0.0577. The summed E-state index contributed by atoms with van der Waals surface area (Å²) < 4.78 is 74.2. The molecule has 0 amide bonds. The second-order valence-electron chi connectivity index (χ2n) is 3.19. The second kappa shape index (κ2) is 4.34. The molecule has 0 aromatic heterocycles. The predicted octanol–water partition coefficient (Wildman–Crippen LogP) is 3.81. The number of hydrogen-bond donors (Lipinski definition) is 1. The highest BCUT2D eigenvalue weighted by Crippen LogP contribution is 2.42. The third-order valence-corrected chi connectivity index (χ3v) is 2.14. The van der Waals surface area contributed by atoms with E-state index in [-0.39, 0.29) is 12.1 Å². The van der Waals surface area contributed by atoms with Crippen LogP contribution >= 0.6 is 11.6 Å². The first-order valence-electron chi connectivity index (χ1n) is 4.16. The molecule has 0 radical (unpaired) electrons. The largest absolute Gasteiger partial charge is 0.507 e. The summed E-state index contributed by atoms with van der Waals surface area (Å²) in [6, 6.07) is -0.177. The highest BCUT2D eigenvalue weighted by Gasteiger charge is 2.41. The molecule has 0 saturated carbocycles. The summed E-state index contributed by atoms with van der Waals surface area (Å²) in [4.78, 5) is 10.7. The molecule has 0 heterocycles. The van der Waals surface area contributed by atoms with Crippen LogP contribution in [0.2, 0.25) is 0 Å². The zero-order valence-corrected chi connectivity index (χ0v) is 8.91. The van der Waals surface area contributed by atoms with Crippen LogP contribution in [0.4, 0.5) is 26.3 Å². The van der Waals surface area contributed by atoms with Gasteiger partial charge in [0, 0.05) is 0 Å². The van der Waals surface area contributed by atoms with Crippen molar-refractivity contribution in [3.8, 4) is 5.75 Å². The molecule has 0 unspecified atom stereocenters. The Morgan fingerprint density at radius 2 is 1.56 bits per heavy atom. The first kappa shape index (κ1) is 14.6. The lowest BCUT2D eigenvalue weighted by Gasteiger charge is -2.15. The van der Waals surface area contributed by atoms with Gasteiger partial charge in [0.05, 0.1) is 11.1 Å². The van der Waals surface area contributed by atoms with Gasteiger partial charge in [0.2, 0.25) is 0 Å². The van der Waals surface area contributed by atoms with E-state index in [4.69, 9.17) is 16.7 Å². The maximum atomic E-state index is 12.4. The molecule has 1 rings (SSSR count). The van der Waals surface area contributed by atoms with Crippen LogP contribution in [0.3, 0.4) is 0 Å². The van der Waals surface area contributed by atoms with E-state index in [1.807, 2.05) is 0 Å². The molecule has 1 aromatic carbocycles. The molecule has 1 N–H and O–H groups in total. The number of benzene rings is 1. The summed E-state index contributed by atoms with van der Waals surface area (Å²) in [6.07, 6.45) is -10.2. The van der Waals surface area contributed by atoms with Crippen molar-refractivity contribution in [2.45, 2.75) is 12.4 Å². The van der Waals surface area contributed by atoms with Crippen LogP contribution < -0.4 is 0 Å². The maximum absolute atomic E-state index is 12.4. The van der Waals surface area contributed by atoms with Crippen molar-refractivity contribution in [1.82, 2.24) is 0 Å². The van der Waals surface area contributed by atoms with E-state index in [9.17, 15) is 31.1 Å². The second-order valence-corrected chi connectivity index (χ2v) is 3.53. The molecule has 18 heavy (non-hydrogen) atoms. The zero-order chi connectivity index (χ0) is 14.3. The summed E-state index contributed by atoms with van der Waals surface area (Å²) in [5.74, 6) is -1.71. The van der Waals surface area contributed by atoms with Crippen LogP contribution in [0.1, 0.15) is 21.5 Å². The molecule has 9 heteroatoms. The van der Waals surface area contributed by atoms with Crippen LogP contribution in [0.25, 0.3) is 0 Å². The topological polar surface area (TPSA) is 37.3 Å². The Balaban J connectivity index is 3.62. The molecule has 0 bridgehead atoms. The number of carbonyl (C=O) groups is 1. The van der Waals surface area contributed by atoms with E-state index in [1.165, 1.54) is 0 Å². The smallest absolute Gasteiger partial charge is 0.420 e. The lowest BCUT2D eigenvalue weighted by Crippen LogP contribution is -2.14. The minimum atomic E-state index is -5.20. The Morgan fingerprint density at radius 3 is 1.89 bits per heavy atom. The Morgan fingerprint density at radius 1 is 1.06 bits per heavy atom. The van der Waals surface area contributed by atoms with Crippen LogP contribution in [0.5, 0.6) is 5.75 Å². The van der Waals surface area contributed by atoms with Gasteiger partial charge in [-0.1, -0.05) is 0 Å². The highest BCUT2D eigenvalue weighted by molar-refractivity contribution is 6.68. The fraction of sp³-hybridized carbons (Fsp3) is 0.222. The number of halogens is 7. The van der Waals surface area contributed by atoms with Gasteiger partial charge in [-0.2, -0.15) is 26.3 Å². The number of alkyl halides is 6. The van der Waals surface area contributed by atoms with Gasteiger partial charge >= 0.3 is 12.4 Å². The SMILES string of the molecule is O=C(Cl)c1cc(C(F)(F)F)cc(O)c1C(F)(F)F. The third-order valence-electron chi connectivity index (χ3n) is 1.94. The molecule has 0 aliphatic rings. The number of phenols is 1. The first-order chi connectivity index (χ1) is 7.94. The summed E-state index contributed by atoms with van der Waals surface area (Å²) >= 11 is 4.79. The fourth-order valence-electron chi connectivity index (χ4n) is 1.24. The van der Waals surface area contributed by atoms with E-state index in [2.05, 4.69) is 0 Å². The average molecular weight is 293 g/mol. The summed E-state index contributed by atoms with van der Waals surface area (Å²) in [5, 5.41) is 7.24. The van der Waals surface area contributed by atoms with Gasteiger partial charge < -0.3 is 5.11 Å². The number of aromatic hydroxyl groups is 1. The Hall–Kier alpha value is -1.44. The lowest BCUT2D eigenvalue weighted by molar-refractivity contribution is -0.142. The molecule has 100 valence electrons. The Kier molecular flexibility index (Phi) is 3.53. The van der Waals surface area contributed by atoms with E-state index >= 15 is 0 Å². The molecule has 0 spiro atoms. The van der Waals surface area contributed by atoms with Crippen LogP contribution in [0.15, 0.2) is 12.1 Å². The van der Waals surface area contributed by atoms with Crippen molar-refractivity contribution in [1.29, 1.82) is 0 Å². The van der Waals surface area contributed by atoms with Crippen molar-refractivity contribution < 1.29 is 36.2 Å². The molecule has 1 aromatic rings. The average Bonchev–Trinajstić information content (AvgIpc) is 2.12. The number of carbonyl (C=O) groups excluding carboxylic acids is 1. The normalized spacial score (nSPS) is 12.6. The zero-order valence-electron chi connectivity index (χ0n) is 8.16. The van der Waals surface area contributed by atoms with Crippen molar-refractivity contribution in [2.24, 2.45) is 0 Å².